The van der Waals surface area contributed by atoms with Crippen molar-refractivity contribution in [2.45, 2.75) is 39.5 Å². The first kappa shape index (κ1) is 17.0. The highest BCUT2D eigenvalue weighted by Crippen LogP contribution is 2.22. The molecule has 6 nitrogen and oxygen atoms in total. The number of aromatic nitrogens is 2. The summed E-state index contributed by atoms with van der Waals surface area (Å²) in [5.74, 6) is 3.01. The number of hydrogen-bond acceptors (Lipinski definition) is 5. The van der Waals surface area contributed by atoms with Crippen LogP contribution >= 0.6 is 0 Å². The van der Waals surface area contributed by atoms with Gasteiger partial charge < -0.3 is 14.7 Å². The number of carbonyl (C=O) groups is 1. The zero-order valence-corrected chi connectivity index (χ0v) is 14.9. The van der Waals surface area contributed by atoms with E-state index in [4.69, 9.17) is 0 Å². The van der Waals surface area contributed by atoms with Crippen LogP contribution in [0, 0.1) is 5.92 Å². The van der Waals surface area contributed by atoms with Crippen LogP contribution in [0.5, 0.6) is 0 Å². The predicted molar refractivity (Wildman–Crippen MR) is 96.3 cm³/mol. The number of piperazine rings is 1. The summed E-state index contributed by atoms with van der Waals surface area (Å²) in [6.45, 7) is 9.76. The maximum Gasteiger partial charge on any atom is 0.222 e. The van der Waals surface area contributed by atoms with Gasteiger partial charge in [0.05, 0.1) is 0 Å². The average molecular weight is 331 g/mol. The first-order valence-electron chi connectivity index (χ1n) is 9.28. The molecule has 0 atom stereocenters. The SMILES string of the molecule is CCCC(=O)N1CCN(c2ccc(N3CCC(C)CC3)nn2)CC1. The molecule has 1 aromatic heterocycles. The van der Waals surface area contributed by atoms with E-state index < -0.39 is 0 Å². The Hall–Kier alpha value is -1.85. The van der Waals surface area contributed by atoms with Gasteiger partial charge >= 0.3 is 0 Å². The van der Waals surface area contributed by atoms with Crippen LogP contribution in [-0.2, 0) is 4.79 Å². The van der Waals surface area contributed by atoms with E-state index in [9.17, 15) is 4.79 Å². The molecule has 2 aliphatic rings. The molecule has 0 radical (unpaired) electrons. The zero-order valence-electron chi connectivity index (χ0n) is 14.9. The second-order valence-electron chi connectivity index (χ2n) is 7.04. The molecule has 0 N–H and O–H groups in total. The molecule has 2 aliphatic heterocycles. The monoisotopic (exact) mass is 331 g/mol. The van der Waals surface area contributed by atoms with Crippen LogP contribution in [0.3, 0.4) is 0 Å². The summed E-state index contributed by atoms with van der Waals surface area (Å²) in [5.41, 5.74) is 0. The van der Waals surface area contributed by atoms with Crippen molar-refractivity contribution in [3.8, 4) is 0 Å². The van der Waals surface area contributed by atoms with E-state index in [0.29, 0.717) is 6.42 Å². The van der Waals surface area contributed by atoms with Gasteiger partial charge in [0.2, 0.25) is 5.91 Å². The van der Waals surface area contributed by atoms with Gasteiger partial charge in [-0.3, -0.25) is 4.79 Å². The highest BCUT2D eigenvalue weighted by atomic mass is 16.2. The summed E-state index contributed by atoms with van der Waals surface area (Å²) in [4.78, 5) is 18.5. The number of anilines is 2. The molecule has 0 unspecified atom stereocenters. The van der Waals surface area contributed by atoms with Crippen molar-refractivity contribution in [3.05, 3.63) is 12.1 Å². The lowest BCUT2D eigenvalue weighted by atomic mass is 9.99. The lowest BCUT2D eigenvalue weighted by Crippen LogP contribution is -2.49. The van der Waals surface area contributed by atoms with Crippen molar-refractivity contribution in [1.82, 2.24) is 15.1 Å². The Morgan fingerprint density at radius 1 is 1.00 bits per heavy atom. The molecule has 0 saturated carbocycles. The fraction of sp³-hybridized carbons (Fsp3) is 0.722. The highest BCUT2D eigenvalue weighted by Gasteiger charge is 2.22. The fourth-order valence-corrected chi connectivity index (χ4v) is 3.45. The van der Waals surface area contributed by atoms with Crippen molar-refractivity contribution in [3.63, 3.8) is 0 Å². The van der Waals surface area contributed by atoms with Crippen LogP contribution in [0.2, 0.25) is 0 Å². The van der Waals surface area contributed by atoms with Crippen molar-refractivity contribution in [1.29, 1.82) is 0 Å². The van der Waals surface area contributed by atoms with Crippen molar-refractivity contribution < 1.29 is 4.79 Å². The second kappa shape index (κ2) is 7.81. The molecule has 0 bridgehead atoms. The standard InChI is InChI=1S/C18H29N5O/c1-3-4-18(24)23-13-11-22(12-14-23)17-6-5-16(19-20-17)21-9-7-15(2)8-10-21/h5-6,15H,3-4,7-14H2,1-2H3. The molecule has 1 amide bonds. The number of nitrogens with zero attached hydrogens (tertiary/aromatic N) is 5. The van der Waals surface area contributed by atoms with Crippen LogP contribution in [-0.4, -0.2) is 60.3 Å². The quantitative estimate of drug-likeness (QED) is 0.846. The Kier molecular flexibility index (Phi) is 5.53. The number of carbonyl (C=O) groups excluding carboxylic acids is 1. The minimum atomic E-state index is 0.276. The number of rotatable bonds is 4. The van der Waals surface area contributed by atoms with E-state index >= 15 is 0 Å². The molecule has 3 rings (SSSR count). The first-order valence-corrected chi connectivity index (χ1v) is 9.28. The maximum atomic E-state index is 12.0. The van der Waals surface area contributed by atoms with E-state index in [-0.39, 0.29) is 5.91 Å². The van der Waals surface area contributed by atoms with E-state index in [1.807, 2.05) is 11.8 Å². The third kappa shape index (κ3) is 3.97. The minimum Gasteiger partial charge on any atom is -0.355 e. The molecule has 0 spiro atoms. The van der Waals surface area contributed by atoms with Gasteiger partial charge in [0.15, 0.2) is 11.6 Å². The molecule has 6 heteroatoms. The van der Waals surface area contributed by atoms with E-state index in [0.717, 1.165) is 63.2 Å². The molecule has 0 aromatic carbocycles. The number of piperidine rings is 1. The van der Waals surface area contributed by atoms with Gasteiger partial charge in [-0.1, -0.05) is 13.8 Å². The summed E-state index contributed by atoms with van der Waals surface area (Å²) in [7, 11) is 0. The third-order valence-corrected chi connectivity index (χ3v) is 5.16. The van der Waals surface area contributed by atoms with E-state index in [1.165, 1.54) is 12.8 Å². The van der Waals surface area contributed by atoms with Crippen molar-refractivity contribution in [2.24, 2.45) is 5.92 Å². The Balaban J connectivity index is 1.54. The maximum absolute atomic E-state index is 12.0. The Labute approximate surface area is 144 Å². The predicted octanol–water partition coefficient (Wildman–Crippen LogP) is 2.16. The molecule has 3 heterocycles. The summed E-state index contributed by atoms with van der Waals surface area (Å²) in [6, 6.07) is 4.16. The average Bonchev–Trinajstić information content (AvgIpc) is 2.63. The minimum absolute atomic E-state index is 0.276. The molecular formula is C18H29N5O. The fourth-order valence-electron chi connectivity index (χ4n) is 3.45. The van der Waals surface area contributed by atoms with Crippen molar-refractivity contribution in [2.75, 3.05) is 49.1 Å². The number of hydrogen-bond donors (Lipinski definition) is 0. The molecule has 132 valence electrons. The second-order valence-corrected chi connectivity index (χ2v) is 7.04. The van der Waals surface area contributed by atoms with Gasteiger partial charge in [-0.05, 0) is 37.3 Å². The van der Waals surface area contributed by atoms with Gasteiger partial charge in [-0.15, -0.1) is 10.2 Å². The van der Waals surface area contributed by atoms with Gasteiger partial charge in [0.25, 0.3) is 0 Å². The summed E-state index contributed by atoms with van der Waals surface area (Å²) >= 11 is 0. The zero-order chi connectivity index (χ0) is 16.9. The topological polar surface area (TPSA) is 52.6 Å². The van der Waals surface area contributed by atoms with Gasteiger partial charge in [0.1, 0.15) is 0 Å². The Morgan fingerprint density at radius 3 is 2.04 bits per heavy atom. The van der Waals surface area contributed by atoms with Gasteiger partial charge in [-0.2, -0.15) is 0 Å². The number of amides is 1. The van der Waals surface area contributed by atoms with Gasteiger partial charge in [-0.25, -0.2) is 0 Å². The first-order chi connectivity index (χ1) is 11.7. The van der Waals surface area contributed by atoms with Crippen LogP contribution in [0.1, 0.15) is 39.5 Å². The van der Waals surface area contributed by atoms with E-state index in [2.05, 4.69) is 39.1 Å². The molecule has 1 aromatic rings. The van der Waals surface area contributed by atoms with E-state index in [1.54, 1.807) is 0 Å². The Morgan fingerprint density at radius 2 is 1.54 bits per heavy atom. The Bertz CT molecular complexity index is 531. The highest BCUT2D eigenvalue weighted by molar-refractivity contribution is 5.76. The van der Waals surface area contributed by atoms with Crippen LogP contribution in [0.25, 0.3) is 0 Å². The van der Waals surface area contributed by atoms with Crippen LogP contribution < -0.4 is 9.80 Å². The normalized spacial score (nSPS) is 19.7. The largest absolute Gasteiger partial charge is 0.355 e. The molecular weight excluding hydrogens is 302 g/mol. The molecule has 0 aliphatic carbocycles. The smallest absolute Gasteiger partial charge is 0.222 e. The third-order valence-electron chi connectivity index (χ3n) is 5.16. The summed E-state index contributed by atoms with van der Waals surface area (Å²) in [6.07, 6.45) is 4.04. The van der Waals surface area contributed by atoms with Gasteiger partial charge in [0, 0.05) is 45.7 Å². The summed E-state index contributed by atoms with van der Waals surface area (Å²) in [5, 5.41) is 8.87. The van der Waals surface area contributed by atoms with Crippen LogP contribution in [0.15, 0.2) is 12.1 Å². The lowest BCUT2D eigenvalue weighted by Gasteiger charge is -2.35. The van der Waals surface area contributed by atoms with Crippen LogP contribution in [0.4, 0.5) is 11.6 Å². The lowest BCUT2D eigenvalue weighted by molar-refractivity contribution is -0.131. The molecule has 2 saturated heterocycles. The van der Waals surface area contributed by atoms with Crippen molar-refractivity contribution >= 4 is 17.5 Å². The molecule has 24 heavy (non-hydrogen) atoms. The summed E-state index contributed by atoms with van der Waals surface area (Å²) < 4.78 is 0. The molecule has 2 fully saturated rings.